The number of imidazole rings is 2. The van der Waals surface area contributed by atoms with Gasteiger partial charge in [0.05, 0.1) is 36.4 Å². The number of aryl methyl sites for hydroxylation is 2. The van der Waals surface area contributed by atoms with Gasteiger partial charge in [0.25, 0.3) is 0 Å². The van der Waals surface area contributed by atoms with E-state index >= 15 is 0 Å². The second kappa shape index (κ2) is 12.4. The van der Waals surface area contributed by atoms with Gasteiger partial charge in [-0.05, 0) is 95.5 Å². The minimum absolute atomic E-state index is 0.821. The highest BCUT2D eigenvalue weighted by atomic mass is 35.5. The highest BCUT2D eigenvalue weighted by Crippen LogP contribution is 2.35. The molecule has 194 valence electrons. The zero-order valence-corrected chi connectivity index (χ0v) is 21.6. The number of benzene rings is 2. The standard InChI is InChI=1S/2C13H11ClN2.C2H2O4/c2*14-11-3-4-13-9(5-11)1-2-10(13)6-12-7-15-8-16-12;3-1(4)2(5)6/h2*3-8H,1-2H2,(H,15,16);(H,3,4)(H,5,6). The SMILES string of the molecule is Clc1ccc2c(c1)CCC2=Cc1cnc[nH]1.Clc1ccc2c(c1)CCC2=Cc1cnc[nH]1.O=C(O)C(=O)O. The zero-order valence-electron chi connectivity index (χ0n) is 20.1. The Morgan fingerprint density at radius 2 is 1.13 bits per heavy atom. The maximum atomic E-state index is 9.10. The molecule has 0 aliphatic heterocycles. The van der Waals surface area contributed by atoms with E-state index in [9.17, 15) is 0 Å². The number of halogens is 2. The lowest BCUT2D eigenvalue weighted by Crippen LogP contribution is -2.09. The van der Waals surface area contributed by atoms with Crippen molar-refractivity contribution in [2.24, 2.45) is 0 Å². The van der Waals surface area contributed by atoms with Crippen LogP contribution in [0.25, 0.3) is 23.3 Å². The Bertz CT molecular complexity index is 1380. The van der Waals surface area contributed by atoms with Crippen LogP contribution in [0.1, 0.15) is 46.5 Å². The van der Waals surface area contributed by atoms with Gasteiger partial charge in [-0.25, -0.2) is 19.6 Å². The average Bonchev–Trinajstić information content (AvgIpc) is 3.70. The van der Waals surface area contributed by atoms with Crippen LogP contribution >= 0.6 is 23.2 Å². The molecule has 0 saturated carbocycles. The molecule has 0 unspecified atom stereocenters. The molecule has 0 radical (unpaired) electrons. The molecule has 2 aromatic carbocycles. The fourth-order valence-corrected chi connectivity index (χ4v) is 4.73. The highest BCUT2D eigenvalue weighted by Gasteiger charge is 2.17. The van der Waals surface area contributed by atoms with Gasteiger partial charge in [0.2, 0.25) is 0 Å². The molecule has 2 aliphatic carbocycles. The minimum Gasteiger partial charge on any atom is -0.473 e. The summed E-state index contributed by atoms with van der Waals surface area (Å²) in [6.45, 7) is 0. The fraction of sp³-hybridized carbons (Fsp3) is 0.143. The fourth-order valence-electron chi connectivity index (χ4n) is 4.34. The normalized spacial score (nSPS) is 15.2. The summed E-state index contributed by atoms with van der Waals surface area (Å²) in [5, 5.41) is 16.4. The molecule has 0 fully saturated rings. The summed E-state index contributed by atoms with van der Waals surface area (Å²) in [7, 11) is 0. The number of aromatic amines is 2. The number of carboxylic acids is 2. The number of carbonyl (C=O) groups is 2. The third-order valence-corrected chi connectivity index (χ3v) is 6.51. The Morgan fingerprint density at radius 1 is 0.711 bits per heavy atom. The average molecular weight is 551 g/mol. The maximum absolute atomic E-state index is 9.10. The predicted octanol–water partition coefficient (Wildman–Crippen LogP) is 6.26. The molecular formula is C28H24Cl2N4O4. The van der Waals surface area contributed by atoms with Crippen molar-refractivity contribution in [1.82, 2.24) is 19.9 Å². The molecule has 2 aromatic heterocycles. The van der Waals surface area contributed by atoms with E-state index in [1.807, 2.05) is 24.5 Å². The van der Waals surface area contributed by atoms with Crippen LogP contribution in [0, 0.1) is 0 Å². The van der Waals surface area contributed by atoms with Crippen LogP contribution in [0.5, 0.6) is 0 Å². The smallest absolute Gasteiger partial charge is 0.414 e. The van der Waals surface area contributed by atoms with E-state index in [1.54, 1.807) is 12.7 Å². The summed E-state index contributed by atoms with van der Waals surface area (Å²) < 4.78 is 0. The summed E-state index contributed by atoms with van der Waals surface area (Å²) in [6.07, 6.45) is 15.7. The number of nitrogens with zero attached hydrogens (tertiary/aromatic N) is 2. The number of allylic oxidation sites excluding steroid dienone is 2. The molecule has 38 heavy (non-hydrogen) atoms. The van der Waals surface area contributed by atoms with Gasteiger partial charge in [-0.2, -0.15) is 0 Å². The van der Waals surface area contributed by atoms with Crippen molar-refractivity contribution in [3.8, 4) is 0 Å². The van der Waals surface area contributed by atoms with Crippen LogP contribution in [0.4, 0.5) is 0 Å². The van der Waals surface area contributed by atoms with Crippen LogP contribution in [-0.2, 0) is 22.4 Å². The lowest BCUT2D eigenvalue weighted by atomic mass is 10.1. The molecule has 8 nitrogen and oxygen atoms in total. The summed E-state index contributed by atoms with van der Waals surface area (Å²) in [4.78, 5) is 32.4. The van der Waals surface area contributed by atoms with Crippen LogP contribution in [0.2, 0.25) is 10.0 Å². The Hall–Kier alpha value is -4.14. The maximum Gasteiger partial charge on any atom is 0.414 e. The van der Waals surface area contributed by atoms with Crippen molar-refractivity contribution in [1.29, 1.82) is 0 Å². The van der Waals surface area contributed by atoms with Crippen LogP contribution in [0.15, 0.2) is 61.4 Å². The van der Waals surface area contributed by atoms with Crippen LogP contribution < -0.4 is 0 Å². The van der Waals surface area contributed by atoms with Crippen molar-refractivity contribution in [3.05, 3.63) is 105 Å². The number of aliphatic carboxylic acids is 2. The molecule has 4 aromatic rings. The van der Waals surface area contributed by atoms with E-state index in [0.29, 0.717) is 0 Å². The zero-order chi connectivity index (χ0) is 27.1. The lowest BCUT2D eigenvalue weighted by molar-refractivity contribution is -0.159. The lowest BCUT2D eigenvalue weighted by Gasteiger charge is -2.00. The monoisotopic (exact) mass is 550 g/mol. The van der Waals surface area contributed by atoms with Crippen molar-refractivity contribution in [2.45, 2.75) is 25.7 Å². The molecular weight excluding hydrogens is 527 g/mol. The first-order chi connectivity index (χ1) is 18.3. The van der Waals surface area contributed by atoms with Crippen LogP contribution in [0.3, 0.4) is 0 Å². The van der Waals surface area contributed by atoms with Crippen molar-refractivity contribution < 1.29 is 19.8 Å². The number of fused-ring (bicyclic) bond motifs is 2. The van der Waals surface area contributed by atoms with Crippen LogP contribution in [-0.4, -0.2) is 42.1 Å². The molecule has 2 heterocycles. The van der Waals surface area contributed by atoms with E-state index in [4.69, 9.17) is 43.0 Å². The number of rotatable bonds is 2. The molecule has 0 bridgehead atoms. The highest BCUT2D eigenvalue weighted by molar-refractivity contribution is 6.31. The predicted molar refractivity (Wildman–Crippen MR) is 148 cm³/mol. The third kappa shape index (κ3) is 7.00. The van der Waals surface area contributed by atoms with Gasteiger partial charge in [-0.15, -0.1) is 0 Å². The number of aromatic nitrogens is 4. The van der Waals surface area contributed by atoms with Gasteiger partial charge in [-0.3, -0.25) is 0 Å². The Balaban J connectivity index is 0.000000147. The first kappa shape index (κ1) is 26.9. The number of hydrogen-bond acceptors (Lipinski definition) is 4. The summed E-state index contributed by atoms with van der Waals surface area (Å²) in [5.74, 6) is -3.65. The minimum atomic E-state index is -1.82. The second-order valence-electron chi connectivity index (χ2n) is 8.57. The van der Waals surface area contributed by atoms with Crippen molar-refractivity contribution in [3.63, 3.8) is 0 Å². The molecule has 0 atom stereocenters. The van der Waals surface area contributed by atoms with Gasteiger partial charge in [0.15, 0.2) is 0 Å². The Labute approximate surface area is 228 Å². The third-order valence-electron chi connectivity index (χ3n) is 6.04. The first-order valence-electron chi connectivity index (χ1n) is 11.7. The molecule has 6 rings (SSSR count). The summed E-state index contributed by atoms with van der Waals surface area (Å²) in [5.41, 5.74) is 10.1. The topological polar surface area (TPSA) is 132 Å². The molecule has 4 N–H and O–H groups in total. The van der Waals surface area contributed by atoms with E-state index in [0.717, 1.165) is 47.1 Å². The molecule has 0 saturated heterocycles. The van der Waals surface area contributed by atoms with Gasteiger partial charge >= 0.3 is 11.9 Å². The van der Waals surface area contributed by atoms with Gasteiger partial charge in [-0.1, -0.05) is 35.3 Å². The Morgan fingerprint density at radius 3 is 1.47 bits per heavy atom. The number of nitrogens with one attached hydrogen (secondary N) is 2. The second-order valence-corrected chi connectivity index (χ2v) is 9.44. The van der Waals surface area contributed by atoms with E-state index in [2.05, 4.69) is 56.4 Å². The summed E-state index contributed by atoms with van der Waals surface area (Å²) in [6, 6.07) is 12.2. The molecule has 0 amide bonds. The number of H-pyrrole nitrogens is 2. The van der Waals surface area contributed by atoms with E-state index in [-0.39, 0.29) is 0 Å². The van der Waals surface area contributed by atoms with Crippen molar-refractivity contribution >= 4 is 58.4 Å². The number of carboxylic acid groups (broad SMARTS) is 2. The quantitative estimate of drug-likeness (QED) is 0.218. The Kier molecular flexibility index (Phi) is 8.78. The molecule has 10 heteroatoms. The largest absolute Gasteiger partial charge is 0.473 e. The number of hydrogen-bond donors (Lipinski definition) is 4. The van der Waals surface area contributed by atoms with Gasteiger partial charge in [0, 0.05) is 10.0 Å². The summed E-state index contributed by atoms with van der Waals surface area (Å²) >= 11 is 12.0. The van der Waals surface area contributed by atoms with E-state index < -0.39 is 11.9 Å². The van der Waals surface area contributed by atoms with E-state index in [1.165, 1.54) is 33.4 Å². The molecule has 2 aliphatic rings. The van der Waals surface area contributed by atoms with Crippen molar-refractivity contribution in [2.75, 3.05) is 0 Å². The first-order valence-corrected chi connectivity index (χ1v) is 12.5. The van der Waals surface area contributed by atoms with Gasteiger partial charge < -0.3 is 20.2 Å². The van der Waals surface area contributed by atoms with Gasteiger partial charge in [0.1, 0.15) is 0 Å². The molecule has 0 spiro atoms.